The zero-order valence-corrected chi connectivity index (χ0v) is 6.62. The molecule has 2 rings (SSSR count). The van der Waals surface area contributed by atoms with Crippen LogP contribution < -0.4 is 0 Å². The fourth-order valence-corrected chi connectivity index (χ4v) is 1.30. The molecule has 1 saturated heterocycles. The van der Waals surface area contributed by atoms with Gasteiger partial charge in [0, 0.05) is 5.56 Å². The lowest BCUT2D eigenvalue weighted by molar-refractivity contribution is -0.221. The Kier molecular flexibility index (Phi) is 1.91. The second-order valence-corrected chi connectivity index (χ2v) is 3.00. The summed E-state index contributed by atoms with van der Waals surface area (Å²) in [6.07, 6.45) is 1.34. The fraction of sp³-hybridized carbons (Fsp3) is 0.400. The Bertz CT molecular complexity index is 214. The Morgan fingerprint density at radius 2 is 1.82 bits per heavy atom. The molecule has 0 N–H and O–H groups in total. The van der Waals surface area contributed by atoms with Gasteiger partial charge in [-0.15, -0.1) is 0 Å². The molecular weight excluding hydrogens is 136 g/mol. The van der Waals surface area contributed by atoms with Crippen LogP contribution in [-0.4, -0.2) is 13.2 Å². The molecule has 1 heterocycles. The van der Waals surface area contributed by atoms with E-state index in [1.165, 1.54) is 25.2 Å². The summed E-state index contributed by atoms with van der Waals surface area (Å²) in [5.74, 6) is 0. The van der Waals surface area contributed by atoms with Gasteiger partial charge in [-0.3, -0.25) is 0 Å². The second kappa shape index (κ2) is 3.05. The number of benzene rings is 1. The molecule has 0 radical (unpaired) electrons. The van der Waals surface area contributed by atoms with Gasteiger partial charge in [0.25, 0.3) is 0 Å². The molecule has 11 heavy (non-hydrogen) atoms. The van der Waals surface area contributed by atoms with Gasteiger partial charge in [-0.25, -0.2) is 0 Å². The normalized spacial score (nSPS) is 17.8. The zero-order chi connectivity index (χ0) is 7.52. The highest BCUT2D eigenvalue weighted by Gasteiger charge is 2.19. The Hall–Kier alpha value is -0.820. The minimum atomic E-state index is 1.06. The zero-order valence-electron chi connectivity index (χ0n) is 6.62. The molecule has 58 valence electrons. The van der Waals surface area contributed by atoms with E-state index in [4.69, 9.17) is 0 Å². The summed E-state index contributed by atoms with van der Waals surface area (Å²) >= 11 is 0. The Labute approximate surface area is 67.3 Å². The van der Waals surface area contributed by atoms with Crippen molar-refractivity contribution in [1.82, 2.24) is 0 Å². The van der Waals surface area contributed by atoms with Crippen molar-refractivity contribution in [2.45, 2.75) is 13.0 Å². The molecule has 0 aromatic heterocycles. The van der Waals surface area contributed by atoms with E-state index >= 15 is 0 Å². The SMILES string of the molecule is c1ccc(C[O+]2CCC2)cc1. The number of hydrogen-bond donors (Lipinski definition) is 0. The maximum atomic E-state index is 3.20. The van der Waals surface area contributed by atoms with Gasteiger partial charge in [0.1, 0.15) is 0 Å². The number of rotatable bonds is 2. The summed E-state index contributed by atoms with van der Waals surface area (Å²) < 4.78 is 3.20. The minimum Gasteiger partial charge on any atom is -0.418 e. The first-order chi connectivity index (χ1) is 5.45. The number of hydrogen-bond acceptors (Lipinski definition) is 0. The first-order valence-electron chi connectivity index (χ1n) is 4.13. The van der Waals surface area contributed by atoms with Crippen LogP contribution in [0.25, 0.3) is 0 Å². The highest BCUT2D eigenvalue weighted by molar-refractivity contribution is 5.13. The highest BCUT2D eigenvalue weighted by Crippen LogP contribution is 2.16. The van der Waals surface area contributed by atoms with Crippen LogP contribution in [0.4, 0.5) is 0 Å². The molecule has 0 aliphatic carbocycles. The summed E-state index contributed by atoms with van der Waals surface area (Å²) in [5, 5.41) is 0. The standard InChI is InChI=1S/C10H13O/c1-2-5-10(6-3-1)9-11-7-4-8-11/h1-3,5-6H,4,7-9H2/q+1. The van der Waals surface area contributed by atoms with Crippen LogP contribution in [0, 0.1) is 0 Å². The van der Waals surface area contributed by atoms with Crippen molar-refractivity contribution in [1.29, 1.82) is 0 Å². The summed E-state index contributed by atoms with van der Waals surface area (Å²) in [5.41, 5.74) is 1.40. The van der Waals surface area contributed by atoms with Gasteiger partial charge in [0.2, 0.25) is 0 Å². The first-order valence-corrected chi connectivity index (χ1v) is 4.13. The van der Waals surface area contributed by atoms with Crippen LogP contribution in [0.5, 0.6) is 0 Å². The van der Waals surface area contributed by atoms with Crippen molar-refractivity contribution in [2.75, 3.05) is 13.2 Å². The molecule has 1 heteroatoms. The van der Waals surface area contributed by atoms with Gasteiger partial charge in [0.15, 0.2) is 19.8 Å². The van der Waals surface area contributed by atoms with E-state index in [2.05, 4.69) is 34.7 Å². The van der Waals surface area contributed by atoms with Crippen LogP contribution in [0.2, 0.25) is 0 Å². The monoisotopic (exact) mass is 149 g/mol. The van der Waals surface area contributed by atoms with Gasteiger partial charge in [-0.05, 0) is 0 Å². The van der Waals surface area contributed by atoms with Gasteiger partial charge in [0.05, 0.1) is 6.42 Å². The lowest BCUT2D eigenvalue weighted by atomic mass is 10.2. The van der Waals surface area contributed by atoms with Gasteiger partial charge in [-0.1, -0.05) is 30.3 Å². The topological polar surface area (TPSA) is 2.70 Å². The highest BCUT2D eigenvalue weighted by atomic mass is 16.7. The van der Waals surface area contributed by atoms with Crippen molar-refractivity contribution in [3.63, 3.8) is 0 Å². The van der Waals surface area contributed by atoms with E-state index in [-0.39, 0.29) is 0 Å². The van der Waals surface area contributed by atoms with E-state index in [9.17, 15) is 0 Å². The maximum absolute atomic E-state index is 3.20. The van der Waals surface area contributed by atoms with Crippen LogP contribution in [0.1, 0.15) is 12.0 Å². The molecule has 0 bridgehead atoms. The van der Waals surface area contributed by atoms with Crippen LogP contribution in [0.15, 0.2) is 30.3 Å². The molecule has 1 fully saturated rings. The van der Waals surface area contributed by atoms with Crippen LogP contribution in [-0.2, 0) is 11.0 Å². The third-order valence-electron chi connectivity index (χ3n) is 2.08. The van der Waals surface area contributed by atoms with Crippen molar-refractivity contribution < 1.29 is 4.37 Å². The average Bonchev–Trinajstić information content (AvgIpc) is 1.99. The average molecular weight is 149 g/mol. The predicted octanol–water partition coefficient (Wildman–Crippen LogP) is 2.14. The van der Waals surface area contributed by atoms with Crippen molar-refractivity contribution >= 4 is 0 Å². The molecule has 1 nitrogen and oxygen atoms in total. The van der Waals surface area contributed by atoms with Gasteiger partial charge in [-0.2, -0.15) is 0 Å². The summed E-state index contributed by atoms with van der Waals surface area (Å²) in [6, 6.07) is 10.6. The van der Waals surface area contributed by atoms with E-state index in [1.54, 1.807) is 0 Å². The van der Waals surface area contributed by atoms with Gasteiger partial charge >= 0.3 is 0 Å². The third kappa shape index (κ3) is 1.60. The summed E-state index contributed by atoms with van der Waals surface area (Å²) in [7, 11) is 0. The smallest absolute Gasteiger partial charge is 0.172 e. The van der Waals surface area contributed by atoms with Gasteiger partial charge < -0.3 is 4.37 Å². The fourth-order valence-electron chi connectivity index (χ4n) is 1.30. The van der Waals surface area contributed by atoms with Crippen molar-refractivity contribution in [3.05, 3.63) is 35.9 Å². The van der Waals surface area contributed by atoms with Crippen LogP contribution >= 0.6 is 0 Å². The van der Waals surface area contributed by atoms with Crippen LogP contribution in [0.3, 0.4) is 0 Å². The van der Waals surface area contributed by atoms with Crippen molar-refractivity contribution in [2.24, 2.45) is 0 Å². The Balaban J connectivity index is 1.95. The molecule has 0 spiro atoms. The molecular formula is C10H13O+. The molecule has 1 aromatic rings. The van der Waals surface area contributed by atoms with E-state index in [1.807, 2.05) is 0 Å². The molecule has 1 aromatic carbocycles. The van der Waals surface area contributed by atoms with E-state index < -0.39 is 0 Å². The Morgan fingerprint density at radius 3 is 2.36 bits per heavy atom. The lowest BCUT2D eigenvalue weighted by Crippen LogP contribution is -2.27. The lowest BCUT2D eigenvalue weighted by Gasteiger charge is -2.26. The predicted molar refractivity (Wildman–Crippen MR) is 45.6 cm³/mol. The molecule has 0 atom stereocenters. The quantitative estimate of drug-likeness (QED) is 0.566. The molecule has 0 amide bonds. The second-order valence-electron chi connectivity index (χ2n) is 3.00. The largest absolute Gasteiger partial charge is 0.418 e. The summed E-state index contributed by atoms with van der Waals surface area (Å²) in [6.45, 7) is 3.46. The van der Waals surface area contributed by atoms with E-state index in [0.29, 0.717) is 0 Å². The molecule has 0 unspecified atom stereocenters. The minimum absolute atomic E-state index is 1.06. The van der Waals surface area contributed by atoms with E-state index in [0.717, 1.165) is 6.61 Å². The maximum Gasteiger partial charge on any atom is 0.172 e. The summed E-state index contributed by atoms with van der Waals surface area (Å²) in [4.78, 5) is 0. The third-order valence-corrected chi connectivity index (χ3v) is 2.08. The molecule has 1 aliphatic rings. The van der Waals surface area contributed by atoms with Crippen molar-refractivity contribution in [3.8, 4) is 0 Å². The Morgan fingerprint density at radius 1 is 1.09 bits per heavy atom. The molecule has 0 saturated carbocycles. The first kappa shape index (κ1) is 6.86. The molecule has 1 aliphatic heterocycles.